The van der Waals surface area contributed by atoms with Crippen molar-refractivity contribution < 1.29 is 43.8 Å². The second-order valence-electron chi connectivity index (χ2n) is 7.46. The number of fused-ring (bicyclic) bond motifs is 5. The largest absolute Gasteiger partial charge is 0.504 e. The summed E-state index contributed by atoms with van der Waals surface area (Å²) in [5.41, 5.74) is -0.533. The molecule has 2 aromatic carbocycles. The number of aliphatic hydroxyl groups is 3. The molecular formula is C21H18O10. The van der Waals surface area contributed by atoms with Gasteiger partial charge in [-0.15, -0.1) is 0 Å². The molecule has 10 heteroatoms. The first-order valence-corrected chi connectivity index (χ1v) is 9.46. The van der Waals surface area contributed by atoms with Gasteiger partial charge in [-0.2, -0.15) is 0 Å². The summed E-state index contributed by atoms with van der Waals surface area (Å²) in [7, 11) is 0. The predicted octanol–water partition coefficient (Wildman–Crippen LogP) is 1.31. The van der Waals surface area contributed by atoms with E-state index in [2.05, 4.69) is 0 Å². The summed E-state index contributed by atoms with van der Waals surface area (Å²) < 4.78 is 22.1. The number of aliphatic hydroxyl groups excluding tert-OH is 3. The zero-order valence-electron chi connectivity index (χ0n) is 16.1. The van der Waals surface area contributed by atoms with Crippen molar-refractivity contribution in [3.63, 3.8) is 0 Å². The van der Waals surface area contributed by atoms with E-state index in [0.717, 1.165) is 0 Å². The minimum Gasteiger partial charge on any atom is -0.504 e. The van der Waals surface area contributed by atoms with Crippen LogP contribution in [0.4, 0.5) is 0 Å². The third kappa shape index (κ3) is 2.92. The van der Waals surface area contributed by atoms with Gasteiger partial charge in [0, 0.05) is 11.5 Å². The molecule has 5 rings (SSSR count). The van der Waals surface area contributed by atoms with Crippen molar-refractivity contribution >= 4 is 32.9 Å². The van der Waals surface area contributed by atoms with Gasteiger partial charge in [-0.3, -0.25) is 0 Å². The van der Waals surface area contributed by atoms with Crippen molar-refractivity contribution in [2.24, 2.45) is 0 Å². The molecule has 2 aromatic heterocycles. The van der Waals surface area contributed by atoms with E-state index < -0.39 is 47.8 Å². The highest BCUT2D eigenvalue weighted by molar-refractivity contribution is 6.14. The quantitative estimate of drug-likeness (QED) is 0.231. The first-order chi connectivity index (χ1) is 14.8. The van der Waals surface area contributed by atoms with Gasteiger partial charge in [0.1, 0.15) is 35.0 Å². The van der Waals surface area contributed by atoms with Gasteiger partial charge in [0.05, 0.1) is 11.5 Å². The lowest BCUT2D eigenvalue weighted by Crippen LogP contribution is -2.58. The van der Waals surface area contributed by atoms with E-state index in [-0.39, 0.29) is 27.9 Å². The molecule has 0 amide bonds. The Labute approximate surface area is 173 Å². The van der Waals surface area contributed by atoms with Crippen LogP contribution in [-0.4, -0.2) is 56.2 Å². The highest BCUT2D eigenvalue weighted by atomic mass is 16.7. The van der Waals surface area contributed by atoms with E-state index in [1.165, 1.54) is 31.2 Å². The average Bonchev–Trinajstić information content (AvgIpc) is 3.13. The molecule has 5 N–H and O–H groups in total. The van der Waals surface area contributed by atoms with E-state index in [1.54, 1.807) is 6.07 Å². The third-order valence-electron chi connectivity index (χ3n) is 5.48. The van der Waals surface area contributed by atoms with Crippen LogP contribution in [0.2, 0.25) is 0 Å². The molecule has 1 fully saturated rings. The fraction of sp³-hybridized carbons (Fsp3) is 0.286. The number of rotatable bonds is 2. The molecule has 5 atom stereocenters. The molecule has 1 aliphatic heterocycles. The summed E-state index contributed by atoms with van der Waals surface area (Å²) in [5, 5.41) is 50.4. The Balaban J connectivity index is 1.60. The molecule has 4 aromatic rings. The zero-order valence-corrected chi connectivity index (χ0v) is 16.1. The van der Waals surface area contributed by atoms with Gasteiger partial charge in [0.25, 0.3) is 0 Å². The number of aromatic hydroxyl groups is 2. The maximum Gasteiger partial charge on any atom is 0.348 e. The van der Waals surface area contributed by atoms with Gasteiger partial charge in [0.2, 0.25) is 12.0 Å². The molecule has 0 aliphatic carbocycles. The summed E-state index contributed by atoms with van der Waals surface area (Å²) in [4.78, 5) is 12.5. The van der Waals surface area contributed by atoms with E-state index in [1.807, 2.05) is 0 Å². The number of hydrogen-bond acceptors (Lipinski definition) is 10. The Hall–Kier alpha value is -3.31. The molecule has 162 valence electrons. The topological polar surface area (TPSA) is 163 Å². The molecule has 0 spiro atoms. The van der Waals surface area contributed by atoms with Crippen LogP contribution in [0.3, 0.4) is 0 Å². The van der Waals surface area contributed by atoms with E-state index >= 15 is 0 Å². The molecule has 1 aliphatic rings. The normalized spacial score (nSPS) is 26.6. The maximum absolute atomic E-state index is 12.5. The van der Waals surface area contributed by atoms with Gasteiger partial charge < -0.3 is 43.8 Å². The molecule has 31 heavy (non-hydrogen) atoms. The van der Waals surface area contributed by atoms with Crippen molar-refractivity contribution in [2.45, 2.75) is 37.6 Å². The van der Waals surface area contributed by atoms with Crippen LogP contribution in [0.1, 0.15) is 6.92 Å². The summed E-state index contributed by atoms with van der Waals surface area (Å²) >= 11 is 0. The van der Waals surface area contributed by atoms with Crippen LogP contribution < -0.4 is 10.4 Å². The summed E-state index contributed by atoms with van der Waals surface area (Å²) in [6.45, 7) is 1.54. The van der Waals surface area contributed by atoms with E-state index in [4.69, 9.17) is 18.3 Å². The van der Waals surface area contributed by atoms with Crippen LogP contribution in [0.5, 0.6) is 17.2 Å². The van der Waals surface area contributed by atoms with Crippen LogP contribution in [0.15, 0.2) is 44.0 Å². The van der Waals surface area contributed by atoms with Crippen molar-refractivity contribution in [2.75, 3.05) is 0 Å². The Kier molecular flexibility index (Phi) is 4.34. The third-order valence-corrected chi connectivity index (χ3v) is 5.48. The standard InChI is InChI=1S/C21H18O10/c1-7-14(23)16(25)17(26)21(28-7)29-8-2-3-9-12(6-8)30-18-10-4-5-11(22)15(24)19(10)31-20(27)13(9)18/h2-7,14,16-17,21-26H,1H3/t7-,14-,16+,17+,21+/m1/s1. The monoisotopic (exact) mass is 430 g/mol. The lowest BCUT2D eigenvalue weighted by molar-refractivity contribution is -0.268. The highest BCUT2D eigenvalue weighted by Crippen LogP contribution is 2.39. The van der Waals surface area contributed by atoms with Crippen LogP contribution in [-0.2, 0) is 4.74 Å². The van der Waals surface area contributed by atoms with Gasteiger partial charge in [-0.1, -0.05) is 0 Å². The Morgan fingerprint density at radius 3 is 2.42 bits per heavy atom. The van der Waals surface area contributed by atoms with Crippen LogP contribution in [0.25, 0.3) is 32.9 Å². The molecule has 0 unspecified atom stereocenters. The second kappa shape index (κ2) is 6.86. The minimum atomic E-state index is -1.48. The van der Waals surface area contributed by atoms with Crippen molar-refractivity contribution in [3.8, 4) is 17.2 Å². The van der Waals surface area contributed by atoms with E-state index in [0.29, 0.717) is 10.8 Å². The number of ether oxygens (including phenoxy) is 2. The number of benzene rings is 2. The number of hydrogen-bond donors (Lipinski definition) is 5. The average molecular weight is 430 g/mol. The zero-order chi connectivity index (χ0) is 22.0. The molecular weight excluding hydrogens is 412 g/mol. The van der Waals surface area contributed by atoms with E-state index in [9.17, 15) is 30.3 Å². The van der Waals surface area contributed by atoms with Gasteiger partial charge in [-0.05, 0) is 31.2 Å². The fourth-order valence-electron chi connectivity index (χ4n) is 3.77. The summed E-state index contributed by atoms with van der Waals surface area (Å²) in [5.74, 6) is -0.783. The highest BCUT2D eigenvalue weighted by Gasteiger charge is 2.43. The van der Waals surface area contributed by atoms with Gasteiger partial charge in [0.15, 0.2) is 16.9 Å². The van der Waals surface area contributed by atoms with Crippen LogP contribution >= 0.6 is 0 Å². The fourth-order valence-corrected chi connectivity index (χ4v) is 3.77. The second-order valence-corrected chi connectivity index (χ2v) is 7.46. The maximum atomic E-state index is 12.5. The molecule has 1 saturated heterocycles. The first-order valence-electron chi connectivity index (χ1n) is 9.46. The van der Waals surface area contributed by atoms with Crippen molar-refractivity contribution in [3.05, 3.63) is 40.8 Å². The molecule has 3 heterocycles. The lowest BCUT2D eigenvalue weighted by Gasteiger charge is -2.38. The van der Waals surface area contributed by atoms with Crippen molar-refractivity contribution in [1.29, 1.82) is 0 Å². The first kappa shape index (κ1) is 19.6. The van der Waals surface area contributed by atoms with Gasteiger partial charge in [-0.25, -0.2) is 4.79 Å². The molecule has 0 radical (unpaired) electrons. The smallest absolute Gasteiger partial charge is 0.348 e. The lowest BCUT2D eigenvalue weighted by atomic mass is 10.00. The SMILES string of the molecule is C[C@H]1O[C@@H](Oc2ccc3c(c2)oc2c4ccc(O)c(O)c4oc(=O)c32)[C@@H](O)[C@@H](O)[C@@H]1O. The number of phenolic OH excluding ortho intramolecular Hbond substituents is 2. The predicted molar refractivity (Wildman–Crippen MR) is 106 cm³/mol. The number of phenols is 2. The number of furan rings is 1. The van der Waals surface area contributed by atoms with Crippen molar-refractivity contribution in [1.82, 2.24) is 0 Å². The molecule has 10 nitrogen and oxygen atoms in total. The molecule has 0 saturated carbocycles. The molecule has 0 bridgehead atoms. The van der Waals surface area contributed by atoms with Gasteiger partial charge >= 0.3 is 5.63 Å². The Morgan fingerprint density at radius 2 is 1.65 bits per heavy atom. The Bertz CT molecular complexity index is 1370. The summed E-state index contributed by atoms with van der Waals surface area (Å²) in [6.07, 6.45) is -6.18. The summed E-state index contributed by atoms with van der Waals surface area (Å²) in [6, 6.07) is 7.26. The minimum absolute atomic E-state index is 0.153. The van der Waals surface area contributed by atoms with Crippen LogP contribution in [0, 0.1) is 0 Å². The Morgan fingerprint density at radius 1 is 0.903 bits per heavy atom.